The van der Waals surface area contributed by atoms with Crippen molar-refractivity contribution in [1.82, 2.24) is 0 Å². The van der Waals surface area contributed by atoms with Crippen LogP contribution in [0.15, 0.2) is 22.3 Å². The van der Waals surface area contributed by atoms with Crippen LogP contribution in [0.1, 0.15) is 93.9 Å². The number of hydrogen-bond donors (Lipinski definition) is 3. The quantitative estimate of drug-likeness (QED) is 0.503. The van der Waals surface area contributed by atoms with Crippen molar-refractivity contribution in [2.24, 2.45) is 34.0 Å². The van der Waals surface area contributed by atoms with Crippen molar-refractivity contribution in [3.63, 3.8) is 0 Å². The number of esters is 1. The standard InChI is InChI=1S/C29H46O5/c1-15(2)13-22(31)34-24-25(32)27(5,6)21-10-9-18-19(29(21,8)26(24)33)11-12-28(7)20(17(4)30)14-16(3)23(18)28/h15,17,20-21,24-26,30,32-33H,9-14H2,1-8H3/t17-,20+,21-,24-,25-,26+,28+,29+/m0/s1. The maximum Gasteiger partial charge on any atom is 0.306 e. The third-order valence-electron chi connectivity index (χ3n) is 10.3. The molecule has 0 aliphatic heterocycles. The Kier molecular flexibility index (Phi) is 6.44. The summed E-state index contributed by atoms with van der Waals surface area (Å²) >= 11 is 0. The highest BCUT2D eigenvalue weighted by atomic mass is 16.6. The third-order valence-corrected chi connectivity index (χ3v) is 10.3. The van der Waals surface area contributed by atoms with Crippen LogP contribution in [0.3, 0.4) is 0 Å². The molecule has 0 spiro atoms. The van der Waals surface area contributed by atoms with Gasteiger partial charge in [0, 0.05) is 11.8 Å². The summed E-state index contributed by atoms with van der Waals surface area (Å²) in [6.07, 6.45) is 1.66. The van der Waals surface area contributed by atoms with E-state index >= 15 is 0 Å². The molecule has 3 N–H and O–H groups in total. The second-order valence-corrected chi connectivity index (χ2v) is 13.2. The zero-order chi connectivity index (χ0) is 25.4. The Balaban J connectivity index is 1.79. The van der Waals surface area contributed by atoms with Gasteiger partial charge in [-0.25, -0.2) is 0 Å². The van der Waals surface area contributed by atoms with Crippen molar-refractivity contribution in [2.45, 2.75) is 118 Å². The molecule has 4 aliphatic rings. The minimum Gasteiger partial charge on any atom is -0.457 e. The third kappa shape index (κ3) is 3.56. The molecule has 0 bridgehead atoms. The fraction of sp³-hybridized carbons (Fsp3) is 0.828. The summed E-state index contributed by atoms with van der Waals surface area (Å²) in [5.41, 5.74) is 4.31. The van der Waals surface area contributed by atoms with E-state index in [1.54, 1.807) is 0 Å². The van der Waals surface area contributed by atoms with Crippen molar-refractivity contribution in [1.29, 1.82) is 0 Å². The van der Waals surface area contributed by atoms with E-state index in [0.29, 0.717) is 0 Å². The van der Waals surface area contributed by atoms with Gasteiger partial charge in [0.05, 0.1) is 12.2 Å². The largest absolute Gasteiger partial charge is 0.457 e. The highest BCUT2D eigenvalue weighted by Crippen LogP contribution is 2.67. The Morgan fingerprint density at radius 1 is 1.09 bits per heavy atom. The predicted molar refractivity (Wildman–Crippen MR) is 133 cm³/mol. The summed E-state index contributed by atoms with van der Waals surface area (Å²) in [7, 11) is 0. The molecule has 0 saturated heterocycles. The molecule has 4 aliphatic carbocycles. The normalized spacial score (nSPS) is 42.3. The average molecular weight is 475 g/mol. The van der Waals surface area contributed by atoms with E-state index in [1.807, 2.05) is 20.8 Å². The van der Waals surface area contributed by atoms with Crippen LogP contribution in [0.25, 0.3) is 0 Å². The SMILES string of the molecule is CC1=C2C3=C(CC[C@]2(C)[C@@H]([C@H](C)O)C1)[C@@]1(C)[C@H](O)[C@@H](OC(=O)CC(C)C)[C@H](O)C(C)(C)[C@@H]1CC3. The van der Waals surface area contributed by atoms with Crippen molar-refractivity contribution >= 4 is 5.97 Å². The molecule has 34 heavy (non-hydrogen) atoms. The molecule has 8 atom stereocenters. The molecule has 0 aromatic heterocycles. The van der Waals surface area contributed by atoms with Crippen LogP contribution < -0.4 is 0 Å². The van der Waals surface area contributed by atoms with Gasteiger partial charge in [-0.3, -0.25) is 4.79 Å². The van der Waals surface area contributed by atoms with Crippen molar-refractivity contribution < 1.29 is 24.9 Å². The Labute approximate surface area is 205 Å². The van der Waals surface area contributed by atoms with Crippen LogP contribution in [0.5, 0.6) is 0 Å². The zero-order valence-electron chi connectivity index (χ0n) is 22.4. The highest BCUT2D eigenvalue weighted by Gasteiger charge is 2.65. The minimum atomic E-state index is -0.957. The number of carbonyl (C=O) groups is 1. The summed E-state index contributed by atoms with van der Waals surface area (Å²) < 4.78 is 5.83. The lowest BCUT2D eigenvalue weighted by Gasteiger charge is -2.62. The fourth-order valence-corrected chi connectivity index (χ4v) is 8.64. The second kappa shape index (κ2) is 8.45. The highest BCUT2D eigenvalue weighted by molar-refractivity contribution is 5.70. The molecule has 1 fully saturated rings. The molecule has 5 heteroatoms. The lowest BCUT2D eigenvalue weighted by molar-refractivity contribution is -0.229. The number of aliphatic hydroxyl groups is 3. The molecule has 0 unspecified atom stereocenters. The van der Waals surface area contributed by atoms with Crippen LogP contribution in [-0.4, -0.2) is 45.7 Å². The molecular weight excluding hydrogens is 428 g/mol. The predicted octanol–water partition coefficient (Wildman–Crippen LogP) is 4.94. The summed E-state index contributed by atoms with van der Waals surface area (Å²) in [6.45, 7) is 16.7. The number of hydrogen-bond acceptors (Lipinski definition) is 5. The lowest BCUT2D eigenvalue weighted by Crippen LogP contribution is -2.67. The van der Waals surface area contributed by atoms with Crippen LogP contribution in [0.4, 0.5) is 0 Å². The van der Waals surface area contributed by atoms with Gasteiger partial charge in [0.25, 0.3) is 0 Å². The Hall–Kier alpha value is -1.17. The molecule has 0 aromatic rings. The van der Waals surface area contributed by atoms with E-state index in [0.717, 1.165) is 32.1 Å². The maximum absolute atomic E-state index is 12.6. The van der Waals surface area contributed by atoms with E-state index in [1.165, 1.54) is 22.3 Å². The number of rotatable bonds is 4. The van der Waals surface area contributed by atoms with Gasteiger partial charge in [-0.05, 0) is 85.7 Å². The smallest absolute Gasteiger partial charge is 0.306 e. The van der Waals surface area contributed by atoms with Gasteiger partial charge in [0.15, 0.2) is 6.10 Å². The Bertz CT molecular complexity index is 911. The maximum atomic E-state index is 12.6. The van der Waals surface area contributed by atoms with Crippen molar-refractivity contribution in [2.75, 3.05) is 0 Å². The average Bonchev–Trinajstić information content (AvgIpc) is 3.00. The Morgan fingerprint density at radius 3 is 2.32 bits per heavy atom. The van der Waals surface area contributed by atoms with Crippen LogP contribution in [0, 0.1) is 34.0 Å². The Morgan fingerprint density at radius 2 is 1.74 bits per heavy atom. The molecule has 0 aromatic carbocycles. The number of carbonyl (C=O) groups excluding carboxylic acids is 1. The first-order valence-electron chi connectivity index (χ1n) is 13.3. The van der Waals surface area contributed by atoms with Gasteiger partial charge in [-0.1, -0.05) is 52.7 Å². The molecule has 192 valence electrons. The topological polar surface area (TPSA) is 87.0 Å². The van der Waals surface area contributed by atoms with Gasteiger partial charge in [-0.15, -0.1) is 0 Å². The first kappa shape index (κ1) is 25.9. The van der Waals surface area contributed by atoms with Gasteiger partial charge in [-0.2, -0.15) is 0 Å². The van der Waals surface area contributed by atoms with Crippen molar-refractivity contribution in [3.05, 3.63) is 22.3 Å². The zero-order valence-corrected chi connectivity index (χ0v) is 22.4. The van der Waals surface area contributed by atoms with E-state index in [9.17, 15) is 20.1 Å². The lowest BCUT2D eigenvalue weighted by atomic mass is 9.45. The molecule has 0 radical (unpaired) electrons. The van der Waals surface area contributed by atoms with E-state index in [2.05, 4.69) is 34.6 Å². The van der Waals surface area contributed by atoms with Gasteiger partial charge >= 0.3 is 5.97 Å². The number of allylic oxidation sites excluding steroid dienone is 3. The minimum absolute atomic E-state index is 0.0436. The van der Waals surface area contributed by atoms with Gasteiger partial charge in [0.1, 0.15) is 6.10 Å². The summed E-state index contributed by atoms with van der Waals surface area (Å²) in [5.74, 6) is 0.108. The van der Waals surface area contributed by atoms with Crippen molar-refractivity contribution in [3.8, 4) is 0 Å². The first-order valence-corrected chi connectivity index (χ1v) is 13.3. The summed E-state index contributed by atoms with van der Waals surface area (Å²) in [6, 6.07) is 0. The molecule has 0 amide bonds. The van der Waals surface area contributed by atoms with E-state index in [-0.39, 0.29) is 41.7 Å². The molecule has 1 saturated carbocycles. The number of fused-ring (bicyclic) bond motifs is 4. The van der Waals surface area contributed by atoms with E-state index < -0.39 is 29.1 Å². The van der Waals surface area contributed by atoms with Crippen LogP contribution in [0.2, 0.25) is 0 Å². The van der Waals surface area contributed by atoms with Gasteiger partial charge < -0.3 is 20.1 Å². The van der Waals surface area contributed by atoms with Crippen LogP contribution in [-0.2, 0) is 9.53 Å². The number of aliphatic hydroxyl groups excluding tert-OH is 3. The van der Waals surface area contributed by atoms with Gasteiger partial charge in [0.2, 0.25) is 0 Å². The van der Waals surface area contributed by atoms with Crippen LogP contribution >= 0.6 is 0 Å². The molecule has 5 nitrogen and oxygen atoms in total. The summed E-state index contributed by atoms with van der Waals surface area (Å²) in [4.78, 5) is 12.6. The van der Waals surface area contributed by atoms with E-state index in [4.69, 9.17) is 4.74 Å². The second-order valence-electron chi connectivity index (χ2n) is 13.2. The molecule has 4 rings (SSSR count). The monoisotopic (exact) mass is 474 g/mol. The number of ether oxygens (including phenoxy) is 1. The fourth-order valence-electron chi connectivity index (χ4n) is 8.64. The molecule has 0 heterocycles. The summed E-state index contributed by atoms with van der Waals surface area (Å²) in [5, 5.41) is 33.7. The first-order chi connectivity index (χ1) is 15.7. The molecular formula is C29H46O5.